The van der Waals surface area contributed by atoms with Crippen LogP contribution >= 0.6 is 0 Å². The SMILES string of the molecule is CCCCC/C=C\C/C=C\CCCCCCCCCCCC(=O)OC(COC(=O)CCCCCCCCCCCCCCCCCCCCCCCCCCCCCCCCCCCCCC)COC(OCC[N+](C)(C)C)C(=O)[O-]. The van der Waals surface area contributed by atoms with Crippen LogP contribution in [0, 0.1) is 0 Å². The molecule has 0 aliphatic carbocycles. The number of allylic oxidation sites excluding steroid dienone is 4. The van der Waals surface area contributed by atoms with Crippen molar-refractivity contribution in [3.05, 3.63) is 24.3 Å². The summed E-state index contributed by atoms with van der Waals surface area (Å²) < 4.78 is 22.8. The third-order valence-corrected chi connectivity index (χ3v) is 16.0. The fraction of sp³-hybridized carbons (Fsp3) is 0.901. The first-order chi connectivity index (χ1) is 39.1. The van der Waals surface area contributed by atoms with Crippen LogP contribution in [0.25, 0.3) is 0 Å². The van der Waals surface area contributed by atoms with Gasteiger partial charge >= 0.3 is 11.9 Å². The summed E-state index contributed by atoms with van der Waals surface area (Å²) in [7, 11) is 5.94. The van der Waals surface area contributed by atoms with Gasteiger partial charge in [0.1, 0.15) is 13.2 Å². The number of carbonyl (C=O) groups excluding carboxylic acids is 3. The van der Waals surface area contributed by atoms with Gasteiger partial charge in [-0.3, -0.25) is 9.59 Å². The van der Waals surface area contributed by atoms with Crippen molar-refractivity contribution in [2.75, 3.05) is 47.5 Å². The topological polar surface area (TPSA) is 111 Å². The van der Waals surface area contributed by atoms with Crippen LogP contribution in [-0.2, 0) is 33.3 Å². The van der Waals surface area contributed by atoms with Crippen molar-refractivity contribution in [2.45, 2.75) is 367 Å². The van der Waals surface area contributed by atoms with Gasteiger partial charge in [0.05, 0.1) is 40.3 Å². The molecule has 0 aliphatic rings. The molecule has 0 aromatic carbocycles. The molecule has 0 saturated heterocycles. The largest absolute Gasteiger partial charge is 0.545 e. The van der Waals surface area contributed by atoms with Crippen LogP contribution < -0.4 is 5.11 Å². The molecular formula is C71H135NO8. The number of quaternary nitrogens is 1. The quantitative estimate of drug-likeness (QED) is 0.0195. The number of unbranched alkanes of at least 4 members (excludes halogenated alkanes) is 47. The first kappa shape index (κ1) is 77.8. The highest BCUT2D eigenvalue weighted by Crippen LogP contribution is 2.19. The van der Waals surface area contributed by atoms with E-state index in [1.807, 2.05) is 21.1 Å². The van der Waals surface area contributed by atoms with Crippen molar-refractivity contribution < 1.29 is 42.9 Å². The molecule has 472 valence electrons. The van der Waals surface area contributed by atoms with E-state index in [1.54, 1.807) is 0 Å². The zero-order valence-electron chi connectivity index (χ0n) is 54.0. The fourth-order valence-electron chi connectivity index (χ4n) is 10.6. The Bertz CT molecular complexity index is 1360. The highest BCUT2D eigenvalue weighted by Gasteiger charge is 2.22. The van der Waals surface area contributed by atoms with E-state index >= 15 is 0 Å². The normalized spacial score (nSPS) is 12.8. The smallest absolute Gasteiger partial charge is 0.306 e. The molecule has 0 radical (unpaired) electrons. The average Bonchev–Trinajstić information content (AvgIpc) is 3.43. The van der Waals surface area contributed by atoms with Crippen LogP contribution in [0.5, 0.6) is 0 Å². The lowest BCUT2D eigenvalue weighted by Crippen LogP contribution is -2.44. The van der Waals surface area contributed by atoms with Gasteiger partial charge in [-0.2, -0.15) is 0 Å². The van der Waals surface area contributed by atoms with Crippen LogP contribution in [0.4, 0.5) is 0 Å². The molecule has 9 nitrogen and oxygen atoms in total. The van der Waals surface area contributed by atoms with Crippen LogP contribution in [0.1, 0.15) is 354 Å². The van der Waals surface area contributed by atoms with Crippen molar-refractivity contribution >= 4 is 17.9 Å². The van der Waals surface area contributed by atoms with Crippen LogP contribution in [0.2, 0.25) is 0 Å². The van der Waals surface area contributed by atoms with Crippen molar-refractivity contribution in [1.82, 2.24) is 0 Å². The number of aliphatic carboxylic acids is 1. The Morgan fingerprint density at radius 3 is 1.01 bits per heavy atom. The van der Waals surface area contributed by atoms with Gasteiger partial charge in [-0.25, -0.2) is 0 Å². The van der Waals surface area contributed by atoms with E-state index in [1.165, 1.54) is 270 Å². The summed E-state index contributed by atoms with van der Waals surface area (Å²) in [5.74, 6) is -2.26. The van der Waals surface area contributed by atoms with E-state index in [9.17, 15) is 19.5 Å². The summed E-state index contributed by atoms with van der Waals surface area (Å²) in [6, 6.07) is 0. The molecule has 0 aliphatic heterocycles. The van der Waals surface area contributed by atoms with E-state index in [0.29, 0.717) is 23.9 Å². The summed E-state index contributed by atoms with van der Waals surface area (Å²) in [5.41, 5.74) is 0. The van der Waals surface area contributed by atoms with E-state index in [2.05, 4.69) is 38.2 Å². The lowest BCUT2D eigenvalue weighted by atomic mass is 10.0. The molecule has 0 bridgehead atoms. The molecule has 2 unspecified atom stereocenters. The van der Waals surface area contributed by atoms with Crippen molar-refractivity contribution in [1.29, 1.82) is 0 Å². The number of rotatable bonds is 66. The molecule has 0 rings (SSSR count). The van der Waals surface area contributed by atoms with Gasteiger partial charge in [0.25, 0.3) is 0 Å². The second-order valence-corrected chi connectivity index (χ2v) is 25.2. The van der Waals surface area contributed by atoms with Gasteiger partial charge in [0.15, 0.2) is 12.4 Å². The lowest BCUT2D eigenvalue weighted by molar-refractivity contribution is -0.870. The molecular weight excluding hydrogens is 995 g/mol. The third-order valence-electron chi connectivity index (χ3n) is 16.0. The molecule has 0 amide bonds. The second kappa shape index (κ2) is 62.8. The highest BCUT2D eigenvalue weighted by molar-refractivity contribution is 5.70. The number of likely N-dealkylation sites (N-methyl/N-ethyl adjacent to an activating group) is 1. The van der Waals surface area contributed by atoms with Gasteiger partial charge in [-0.05, 0) is 44.9 Å². The van der Waals surface area contributed by atoms with Crippen molar-refractivity contribution in [2.24, 2.45) is 0 Å². The summed E-state index contributed by atoms with van der Waals surface area (Å²) >= 11 is 0. The lowest BCUT2D eigenvalue weighted by Gasteiger charge is -2.26. The number of carboxylic acids is 1. The van der Waals surface area contributed by atoms with Crippen molar-refractivity contribution in [3.8, 4) is 0 Å². The van der Waals surface area contributed by atoms with Crippen LogP contribution in [-0.4, -0.2) is 82.3 Å². The minimum absolute atomic E-state index is 0.149. The average molecular weight is 1130 g/mol. The summed E-state index contributed by atoms with van der Waals surface area (Å²) in [4.78, 5) is 37.4. The molecule has 0 fully saturated rings. The number of esters is 2. The molecule has 0 spiro atoms. The summed E-state index contributed by atoms with van der Waals surface area (Å²) in [6.07, 6.45) is 74.2. The Hall–Kier alpha value is -2.23. The number of hydrogen-bond donors (Lipinski definition) is 0. The predicted octanol–water partition coefficient (Wildman–Crippen LogP) is 20.1. The van der Waals surface area contributed by atoms with Gasteiger partial charge in [0.2, 0.25) is 0 Å². The van der Waals surface area contributed by atoms with E-state index in [0.717, 1.165) is 51.4 Å². The number of nitrogens with zero attached hydrogens (tertiary/aromatic N) is 1. The summed E-state index contributed by atoms with van der Waals surface area (Å²) in [5, 5.41) is 11.8. The number of ether oxygens (including phenoxy) is 4. The monoisotopic (exact) mass is 1130 g/mol. The maximum Gasteiger partial charge on any atom is 0.306 e. The predicted molar refractivity (Wildman–Crippen MR) is 339 cm³/mol. The first-order valence-corrected chi connectivity index (χ1v) is 35.0. The van der Waals surface area contributed by atoms with Crippen LogP contribution in [0.15, 0.2) is 24.3 Å². The molecule has 80 heavy (non-hydrogen) atoms. The summed E-state index contributed by atoms with van der Waals surface area (Å²) in [6.45, 7) is 4.78. The molecule has 0 heterocycles. The minimum atomic E-state index is -1.62. The highest BCUT2D eigenvalue weighted by atomic mass is 16.7. The maximum atomic E-state index is 12.9. The Labute approximate surface area is 497 Å². The van der Waals surface area contributed by atoms with Gasteiger partial charge in [-0.15, -0.1) is 0 Å². The number of carbonyl (C=O) groups is 3. The van der Waals surface area contributed by atoms with E-state index < -0.39 is 24.3 Å². The molecule has 0 aromatic heterocycles. The van der Waals surface area contributed by atoms with E-state index in [4.69, 9.17) is 18.9 Å². The minimum Gasteiger partial charge on any atom is -0.545 e. The second-order valence-electron chi connectivity index (χ2n) is 25.2. The molecule has 0 saturated carbocycles. The Morgan fingerprint density at radius 2 is 0.675 bits per heavy atom. The number of hydrogen-bond acceptors (Lipinski definition) is 8. The zero-order valence-corrected chi connectivity index (χ0v) is 54.0. The maximum absolute atomic E-state index is 12.9. The Balaban J connectivity index is 3.97. The van der Waals surface area contributed by atoms with Gasteiger partial charge in [-0.1, -0.05) is 321 Å². The fourth-order valence-corrected chi connectivity index (χ4v) is 10.6. The standard InChI is InChI=1S/C71H135NO8/c1-6-8-10-12-14-16-18-20-22-24-26-27-28-29-30-31-32-33-34-35-36-37-38-39-40-41-42-44-45-47-49-51-53-55-57-59-61-68(73)78-65-67(66-79-71(70(75)76)77-64-63-72(3,4)5)80-69(74)62-60-58-56-54-52-50-48-46-43-25-23-21-19-17-15-13-11-9-7-2/h15,17,21,23,67,71H,6-14,16,18-20,22,24-66H2,1-5H3/b17-15-,23-21-. The van der Waals surface area contributed by atoms with Crippen LogP contribution in [0.3, 0.4) is 0 Å². The number of carboxylic acid groups (broad SMARTS) is 1. The third kappa shape index (κ3) is 63.4. The Morgan fingerprint density at radius 1 is 0.375 bits per heavy atom. The Kier molecular flexibility index (Phi) is 61.1. The first-order valence-electron chi connectivity index (χ1n) is 35.0. The zero-order chi connectivity index (χ0) is 58.3. The van der Waals surface area contributed by atoms with Gasteiger partial charge in [0, 0.05) is 12.8 Å². The molecule has 9 heteroatoms. The van der Waals surface area contributed by atoms with Crippen molar-refractivity contribution in [3.63, 3.8) is 0 Å². The van der Waals surface area contributed by atoms with E-state index in [-0.39, 0.29) is 32.2 Å². The molecule has 0 N–H and O–H groups in total. The molecule has 0 aromatic rings. The van der Waals surface area contributed by atoms with Gasteiger partial charge < -0.3 is 33.3 Å². The molecule has 2 atom stereocenters.